The van der Waals surface area contributed by atoms with E-state index in [9.17, 15) is 4.79 Å². The van der Waals surface area contributed by atoms with Crippen molar-refractivity contribution in [1.29, 1.82) is 0 Å². The average Bonchev–Trinajstić information content (AvgIpc) is 2.37. The zero-order chi connectivity index (χ0) is 13.5. The molecule has 0 amide bonds. The molecule has 5 heteroatoms. The van der Waals surface area contributed by atoms with Gasteiger partial charge in [-0.2, -0.15) is 0 Å². The van der Waals surface area contributed by atoms with Crippen LogP contribution in [0.2, 0.25) is 0 Å². The van der Waals surface area contributed by atoms with Gasteiger partial charge in [-0.15, -0.1) is 0 Å². The van der Waals surface area contributed by atoms with E-state index in [0.29, 0.717) is 0 Å². The van der Waals surface area contributed by atoms with Crippen LogP contribution in [0.25, 0.3) is 0 Å². The third-order valence-corrected chi connectivity index (χ3v) is 2.46. The number of hydrogen-bond donors (Lipinski definition) is 1. The van der Waals surface area contributed by atoms with Gasteiger partial charge < -0.3 is 14.7 Å². The first-order valence-electron chi connectivity index (χ1n) is 5.62. The molecule has 1 aromatic rings. The Morgan fingerprint density at radius 3 is 2.44 bits per heavy atom. The van der Waals surface area contributed by atoms with Crippen molar-refractivity contribution in [2.45, 2.75) is 20.0 Å². The molecule has 1 N–H and O–H groups in total. The number of methoxy groups -OCH3 is 1. The van der Waals surface area contributed by atoms with E-state index in [2.05, 4.69) is 5.16 Å². The summed E-state index contributed by atoms with van der Waals surface area (Å²) in [5, 5.41) is 11.9. The lowest BCUT2D eigenvalue weighted by atomic mass is 10.0. The molecule has 5 nitrogen and oxygen atoms in total. The van der Waals surface area contributed by atoms with Crippen LogP contribution in [0.1, 0.15) is 24.2 Å². The standard InChI is InChI=1S/C13H17NO4/c1-4-18-13(15)11(14-16)12(17-3)10-7-5-9(2)6-8-10/h5-8,12,16H,4H2,1-3H3/b14-11-. The first-order chi connectivity index (χ1) is 8.63. The molecule has 1 unspecified atom stereocenters. The second-order valence-corrected chi connectivity index (χ2v) is 3.73. The second kappa shape index (κ2) is 6.76. The van der Waals surface area contributed by atoms with Gasteiger partial charge in [0.15, 0.2) is 5.71 Å². The van der Waals surface area contributed by atoms with Gasteiger partial charge in [-0.1, -0.05) is 35.0 Å². The lowest BCUT2D eigenvalue weighted by Crippen LogP contribution is -2.26. The predicted octanol–water partition coefficient (Wildman–Crippen LogP) is 2.08. The van der Waals surface area contributed by atoms with E-state index in [4.69, 9.17) is 14.7 Å². The van der Waals surface area contributed by atoms with Gasteiger partial charge in [0.1, 0.15) is 6.10 Å². The molecule has 0 heterocycles. The summed E-state index contributed by atoms with van der Waals surface area (Å²) in [7, 11) is 1.44. The summed E-state index contributed by atoms with van der Waals surface area (Å²) in [6.07, 6.45) is -0.741. The van der Waals surface area contributed by atoms with E-state index in [1.165, 1.54) is 7.11 Å². The van der Waals surface area contributed by atoms with Crippen molar-refractivity contribution in [1.82, 2.24) is 0 Å². The van der Waals surface area contributed by atoms with E-state index in [-0.39, 0.29) is 12.3 Å². The van der Waals surface area contributed by atoms with Gasteiger partial charge in [-0.05, 0) is 19.4 Å². The molecule has 0 bridgehead atoms. The molecule has 0 aromatic heterocycles. The van der Waals surface area contributed by atoms with E-state index in [0.717, 1.165) is 11.1 Å². The minimum atomic E-state index is -0.741. The molecular weight excluding hydrogens is 234 g/mol. The summed E-state index contributed by atoms with van der Waals surface area (Å²) in [4.78, 5) is 11.6. The number of oxime groups is 1. The van der Waals surface area contributed by atoms with E-state index >= 15 is 0 Å². The first-order valence-corrected chi connectivity index (χ1v) is 5.62. The van der Waals surface area contributed by atoms with Gasteiger partial charge >= 0.3 is 5.97 Å². The van der Waals surface area contributed by atoms with E-state index < -0.39 is 12.1 Å². The van der Waals surface area contributed by atoms with Crippen LogP contribution in [-0.4, -0.2) is 30.6 Å². The summed E-state index contributed by atoms with van der Waals surface area (Å²) >= 11 is 0. The number of carbonyl (C=O) groups is 1. The number of esters is 1. The quantitative estimate of drug-likeness (QED) is 0.376. The van der Waals surface area contributed by atoms with Gasteiger partial charge in [0, 0.05) is 7.11 Å². The molecule has 0 aliphatic heterocycles. The lowest BCUT2D eigenvalue weighted by Gasteiger charge is -2.16. The van der Waals surface area contributed by atoms with Crippen molar-refractivity contribution < 1.29 is 19.5 Å². The van der Waals surface area contributed by atoms with Gasteiger partial charge in [-0.25, -0.2) is 4.79 Å². The maximum atomic E-state index is 11.6. The highest BCUT2D eigenvalue weighted by molar-refractivity contribution is 6.38. The fourth-order valence-electron chi connectivity index (χ4n) is 1.55. The summed E-state index contributed by atoms with van der Waals surface area (Å²) in [5.41, 5.74) is 1.65. The Morgan fingerprint density at radius 2 is 2.00 bits per heavy atom. The SMILES string of the molecule is CCOC(=O)/C(=N\O)C(OC)c1ccc(C)cc1. The van der Waals surface area contributed by atoms with Gasteiger partial charge in [0.2, 0.25) is 0 Å². The van der Waals surface area contributed by atoms with E-state index in [1.807, 2.05) is 31.2 Å². The Morgan fingerprint density at radius 1 is 1.39 bits per heavy atom. The fourth-order valence-corrected chi connectivity index (χ4v) is 1.55. The Hall–Kier alpha value is -1.88. The Bertz CT molecular complexity index is 425. The summed E-state index contributed by atoms with van der Waals surface area (Å²) < 4.78 is 10.0. The zero-order valence-electron chi connectivity index (χ0n) is 10.7. The molecule has 0 radical (unpaired) electrons. The molecular formula is C13H17NO4. The topological polar surface area (TPSA) is 68.1 Å². The second-order valence-electron chi connectivity index (χ2n) is 3.73. The highest BCUT2D eigenvalue weighted by Crippen LogP contribution is 2.20. The monoisotopic (exact) mass is 251 g/mol. The zero-order valence-corrected chi connectivity index (χ0v) is 10.7. The Kier molecular flexibility index (Phi) is 5.32. The van der Waals surface area contributed by atoms with Crippen LogP contribution in [-0.2, 0) is 14.3 Å². The van der Waals surface area contributed by atoms with Crippen molar-refractivity contribution in [2.24, 2.45) is 5.16 Å². The highest BCUT2D eigenvalue weighted by Gasteiger charge is 2.26. The van der Waals surface area contributed by atoms with Gasteiger partial charge in [0.25, 0.3) is 0 Å². The molecule has 0 aliphatic carbocycles. The molecule has 0 saturated carbocycles. The molecule has 98 valence electrons. The maximum Gasteiger partial charge on any atom is 0.359 e. The van der Waals surface area contributed by atoms with Crippen LogP contribution < -0.4 is 0 Å². The normalized spacial score (nSPS) is 13.2. The highest BCUT2D eigenvalue weighted by atomic mass is 16.5. The lowest BCUT2D eigenvalue weighted by molar-refractivity contribution is -0.135. The summed E-state index contributed by atoms with van der Waals surface area (Å²) in [6.45, 7) is 3.85. The Balaban J connectivity index is 3.00. The molecule has 18 heavy (non-hydrogen) atoms. The van der Waals surface area contributed by atoms with Crippen LogP contribution in [0, 0.1) is 6.92 Å². The van der Waals surface area contributed by atoms with Crippen molar-refractivity contribution in [2.75, 3.05) is 13.7 Å². The number of benzene rings is 1. The average molecular weight is 251 g/mol. The fraction of sp³-hybridized carbons (Fsp3) is 0.385. The van der Waals surface area contributed by atoms with E-state index in [1.54, 1.807) is 6.92 Å². The van der Waals surface area contributed by atoms with Crippen LogP contribution in [0.4, 0.5) is 0 Å². The van der Waals surface area contributed by atoms with Crippen LogP contribution in [0.3, 0.4) is 0 Å². The Labute approximate surface area is 106 Å². The van der Waals surface area contributed by atoms with Crippen molar-refractivity contribution in [3.63, 3.8) is 0 Å². The third-order valence-electron chi connectivity index (χ3n) is 2.46. The molecule has 0 spiro atoms. The molecule has 0 fully saturated rings. The summed E-state index contributed by atoms with van der Waals surface area (Å²) in [6, 6.07) is 7.41. The minimum Gasteiger partial charge on any atom is -0.461 e. The van der Waals surface area contributed by atoms with Crippen molar-refractivity contribution >= 4 is 11.7 Å². The maximum absolute atomic E-state index is 11.6. The number of nitrogens with zero attached hydrogens (tertiary/aromatic N) is 1. The number of hydrogen-bond acceptors (Lipinski definition) is 5. The third kappa shape index (κ3) is 3.30. The number of carbonyl (C=O) groups excluding carboxylic acids is 1. The number of aryl methyl sites for hydroxylation is 1. The van der Waals surface area contributed by atoms with Crippen molar-refractivity contribution in [3.8, 4) is 0 Å². The van der Waals surface area contributed by atoms with Crippen molar-refractivity contribution in [3.05, 3.63) is 35.4 Å². The largest absolute Gasteiger partial charge is 0.461 e. The number of ether oxygens (including phenoxy) is 2. The van der Waals surface area contributed by atoms with Crippen LogP contribution >= 0.6 is 0 Å². The summed E-state index contributed by atoms with van der Waals surface area (Å²) in [5.74, 6) is -0.688. The molecule has 0 aliphatic rings. The van der Waals surface area contributed by atoms with Gasteiger partial charge in [-0.3, -0.25) is 0 Å². The van der Waals surface area contributed by atoms with Crippen LogP contribution in [0.15, 0.2) is 29.4 Å². The molecule has 1 atom stereocenters. The first kappa shape index (κ1) is 14.2. The smallest absolute Gasteiger partial charge is 0.359 e. The predicted molar refractivity (Wildman–Crippen MR) is 66.8 cm³/mol. The minimum absolute atomic E-state index is 0.164. The van der Waals surface area contributed by atoms with Crippen LogP contribution in [0.5, 0.6) is 0 Å². The molecule has 1 rings (SSSR count). The molecule has 0 saturated heterocycles. The number of rotatable bonds is 5. The molecule has 1 aromatic carbocycles. The van der Waals surface area contributed by atoms with Gasteiger partial charge in [0.05, 0.1) is 6.61 Å².